The van der Waals surface area contributed by atoms with Gasteiger partial charge in [0.2, 0.25) is 0 Å². The summed E-state index contributed by atoms with van der Waals surface area (Å²) in [6, 6.07) is 14.4. The number of anilines is 1. The molecule has 2 aromatic rings. The van der Waals surface area contributed by atoms with Crippen LogP contribution in [0.15, 0.2) is 53.4 Å². The molecular weight excluding hydrogens is 617 g/mol. The van der Waals surface area contributed by atoms with E-state index in [1.54, 1.807) is 18.2 Å². The van der Waals surface area contributed by atoms with Crippen molar-refractivity contribution >= 4 is 21.5 Å². The molecule has 0 radical (unpaired) electrons. The molecule has 7 rings (SSSR count). The second kappa shape index (κ2) is 13.1. The average Bonchev–Trinajstić information content (AvgIpc) is 3.80. The van der Waals surface area contributed by atoms with Crippen LogP contribution in [0.4, 0.5) is 10.1 Å². The van der Waals surface area contributed by atoms with E-state index in [9.17, 15) is 22.7 Å². The highest BCUT2D eigenvalue weighted by Crippen LogP contribution is 2.54. The molecule has 0 amide bonds. The van der Waals surface area contributed by atoms with Crippen LogP contribution in [-0.2, 0) is 24.8 Å². The van der Waals surface area contributed by atoms with E-state index >= 15 is 0 Å². The number of sulfone groups is 1. The van der Waals surface area contributed by atoms with Crippen molar-refractivity contribution in [2.45, 2.75) is 78.9 Å². The van der Waals surface area contributed by atoms with Gasteiger partial charge in [0.1, 0.15) is 11.4 Å². The van der Waals surface area contributed by atoms with Crippen LogP contribution in [-0.4, -0.2) is 99.6 Å². The van der Waals surface area contributed by atoms with Gasteiger partial charge in [-0.2, -0.15) is 0 Å². The lowest BCUT2D eigenvalue weighted by molar-refractivity contribution is -0.142. The Hall–Kier alpha value is -2.53. The number of hydrogen-bond acceptors (Lipinski definition) is 8. The standard InChI is InChI=1S/C37H50FN3O5S/c1-46-35(42)21-27-5-2-8-34(27)37(26-39-17-4-18-39,29-6-3-7-30(38)22-29)28-15-19-40(20-16-28)23-36(43)24-41(25-36)31-9-11-32(12-10-31)47(44,45)33-13-14-33/h3,6-7,9-12,22,27-28,33-34,43H,2,4-5,8,13-21,23-26H2,1H3/t27-,34+,37+/m1/s1. The van der Waals surface area contributed by atoms with Gasteiger partial charge in [-0.3, -0.25) is 4.79 Å². The van der Waals surface area contributed by atoms with E-state index in [2.05, 4.69) is 20.8 Å². The van der Waals surface area contributed by atoms with Gasteiger partial charge in [0.05, 0.1) is 17.3 Å². The van der Waals surface area contributed by atoms with Gasteiger partial charge in [-0.25, -0.2) is 12.8 Å². The molecule has 3 saturated heterocycles. The highest BCUT2D eigenvalue weighted by molar-refractivity contribution is 7.92. The number of ether oxygens (including phenoxy) is 1. The zero-order chi connectivity index (χ0) is 32.8. The average molecular weight is 668 g/mol. The van der Waals surface area contributed by atoms with Gasteiger partial charge in [0, 0.05) is 43.7 Å². The first-order valence-electron chi connectivity index (χ1n) is 17.7. The molecule has 47 heavy (non-hydrogen) atoms. The number of hydrogen-bond donors (Lipinski definition) is 1. The number of esters is 1. The summed E-state index contributed by atoms with van der Waals surface area (Å²) in [5, 5.41) is 11.3. The van der Waals surface area contributed by atoms with Crippen molar-refractivity contribution < 1.29 is 27.4 Å². The van der Waals surface area contributed by atoms with Crippen molar-refractivity contribution in [2.75, 3.05) is 64.4 Å². The van der Waals surface area contributed by atoms with Gasteiger partial charge < -0.3 is 24.5 Å². The molecule has 8 nitrogen and oxygen atoms in total. The maximum Gasteiger partial charge on any atom is 0.305 e. The maximum atomic E-state index is 14.9. The fraction of sp³-hybridized carbons (Fsp3) is 0.649. The number of carbonyl (C=O) groups is 1. The van der Waals surface area contributed by atoms with E-state index in [1.165, 1.54) is 19.6 Å². The summed E-state index contributed by atoms with van der Waals surface area (Å²) in [7, 11) is -1.74. The molecule has 5 aliphatic rings. The Morgan fingerprint density at radius 1 is 0.957 bits per heavy atom. The fourth-order valence-corrected chi connectivity index (χ4v) is 11.1. The molecule has 10 heteroatoms. The highest BCUT2D eigenvalue weighted by atomic mass is 32.2. The molecule has 0 aromatic heterocycles. The smallest absolute Gasteiger partial charge is 0.305 e. The van der Waals surface area contributed by atoms with E-state index in [1.807, 2.05) is 18.2 Å². The molecule has 2 aromatic carbocycles. The summed E-state index contributed by atoms with van der Waals surface area (Å²) in [4.78, 5) is 20.0. The van der Waals surface area contributed by atoms with Crippen molar-refractivity contribution in [3.8, 4) is 0 Å². The van der Waals surface area contributed by atoms with Gasteiger partial charge in [-0.15, -0.1) is 0 Å². The lowest BCUT2D eigenvalue weighted by atomic mass is 9.56. The molecule has 3 atom stereocenters. The molecule has 2 saturated carbocycles. The van der Waals surface area contributed by atoms with Crippen LogP contribution in [0.25, 0.3) is 0 Å². The van der Waals surface area contributed by atoms with Crippen molar-refractivity contribution in [2.24, 2.45) is 17.8 Å². The summed E-state index contributed by atoms with van der Waals surface area (Å²) in [6.07, 6.45) is 8.14. The van der Waals surface area contributed by atoms with Gasteiger partial charge >= 0.3 is 5.97 Å². The van der Waals surface area contributed by atoms with Gasteiger partial charge in [0.15, 0.2) is 9.84 Å². The number of rotatable bonds is 12. The van der Waals surface area contributed by atoms with E-state index in [4.69, 9.17) is 4.74 Å². The molecule has 1 N–H and O–H groups in total. The topological polar surface area (TPSA) is 90.4 Å². The first kappa shape index (κ1) is 33.0. The third-order valence-electron chi connectivity index (χ3n) is 12.1. The minimum atomic E-state index is -3.21. The number of β-amino-alcohol motifs (C(OH)–C–C–N with tert-alkyl or cyclic N) is 1. The number of carbonyl (C=O) groups excluding carboxylic acids is 1. The summed E-state index contributed by atoms with van der Waals surface area (Å²) < 4.78 is 45.2. The number of nitrogens with zero attached hydrogens (tertiary/aromatic N) is 3. The summed E-state index contributed by atoms with van der Waals surface area (Å²) in [6.45, 7) is 6.38. The lowest BCUT2D eigenvalue weighted by Gasteiger charge is -2.55. The van der Waals surface area contributed by atoms with Crippen LogP contribution in [0.2, 0.25) is 0 Å². The van der Waals surface area contributed by atoms with Crippen LogP contribution in [0, 0.1) is 23.6 Å². The molecular formula is C37H50FN3O5S. The summed E-state index contributed by atoms with van der Waals surface area (Å²) >= 11 is 0. The monoisotopic (exact) mass is 667 g/mol. The summed E-state index contributed by atoms with van der Waals surface area (Å²) in [5.41, 5.74) is 0.938. The van der Waals surface area contributed by atoms with Gasteiger partial charge in [-0.05, 0) is 131 Å². The second-order valence-electron chi connectivity index (χ2n) is 15.1. The van der Waals surface area contributed by atoms with Crippen LogP contribution in [0.5, 0.6) is 0 Å². The van der Waals surface area contributed by atoms with E-state index in [0.717, 1.165) is 88.9 Å². The Morgan fingerprint density at radius 2 is 1.68 bits per heavy atom. The zero-order valence-electron chi connectivity index (χ0n) is 27.7. The van der Waals surface area contributed by atoms with Crippen molar-refractivity contribution in [1.29, 1.82) is 0 Å². The normalized spacial score (nSPS) is 26.7. The third-order valence-corrected chi connectivity index (χ3v) is 14.3. The Labute approximate surface area is 279 Å². The first-order chi connectivity index (χ1) is 22.6. The maximum absolute atomic E-state index is 14.9. The van der Waals surface area contributed by atoms with Crippen molar-refractivity contribution in [1.82, 2.24) is 9.80 Å². The predicted octanol–water partition coefficient (Wildman–Crippen LogP) is 4.65. The van der Waals surface area contributed by atoms with Crippen LogP contribution in [0.1, 0.15) is 63.4 Å². The third kappa shape index (κ3) is 6.59. The lowest BCUT2D eigenvalue weighted by Crippen LogP contribution is -2.67. The van der Waals surface area contributed by atoms with Gasteiger partial charge in [0.25, 0.3) is 0 Å². The number of piperidine rings is 1. The Morgan fingerprint density at radius 3 is 2.30 bits per heavy atom. The number of aliphatic hydroxyl groups is 1. The SMILES string of the molecule is COC(=O)C[C@H]1CCC[C@@H]1[C@](CN1CCC1)(c1cccc(F)c1)C1CCN(CC2(O)CN(c3ccc(S(=O)(=O)C4CC4)cc3)C2)CC1. The van der Waals surface area contributed by atoms with Crippen LogP contribution in [0.3, 0.4) is 0 Å². The molecule has 2 aliphatic carbocycles. The molecule has 256 valence electrons. The van der Waals surface area contributed by atoms with Crippen molar-refractivity contribution in [3.05, 3.63) is 59.9 Å². The van der Waals surface area contributed by atoms with E-state index in [-0.39, 0.29) is 34.3 Å². The first-order valence-corrected chi connectivity index (χ1v) is 19.2. The van der Waals surface area contributed by atoms with E-state index < -0.39 is 15.4 Å². The summed E-state index contributed by atoms with van der Waals surface area (Å²) in [5.74, 6) is 0.467. The van der Waals surface area contributed by atoms with Crippen LogP contribution < -0.4 is 4.90 Å². The zero-order valence-corrected chi connectivity index (χ0v) is 28.5. The minimum Gasteiger partial charge on any atom is -0.469 e. The quantitative estimate of drug-likeness (QED) is 0.328. The Bertz CT molecular complexity index is 1530. The predicted molar refractivity (Wildman–Crippen MR) is 180 cm³/mol. The molecule has 3 aliphatic heterocycles. The molecule has 0 unspecified atom stereocenters. The highest BCUT2D eigenvalue weighted by Gasteiger charge is 2.53. The second-order valence-corrected chi connectivity index (χ2v) is 17.4. The Balaban J connectivity index is 1.05. The fourth-order valence-electron chi connectivity index (χ4n) is 9.42. The largest absolute Gasteiger partial charge is 0.469 e. The molecule has 5 fully saturated rings. The number of benzene rings is 2. The number of halogens is 1. The van der Waals surface area contributed by atoms with Crippen LogP contribution >= 0.6 is 0 Å². The molecule has 0 spiro atoms. The van der Waals surface area contributed by atoms with E-state index in [0.29, 0.717) is 36.9 Å². The van der Waals surface area contributed by atoms with Gasteiger partial charge in [-0.1, -0.05) is 18.6 Å². The minimum absolute atomic E-state index is 0.157. The molecule has 3 heterocycles. The number of methoxy groups -OCH3 is 1. The Kier molecular flexibility index (Phi) is 9.17. The molecule has 0 bridgehead atoms. The van der Waals surface area contributed by atoms with Crippen molar-refractivity contribution in [3.63, 3.8) is 0 Å². The number of likely N-dealkylation sites (tertiary alicyclic amines) is 2.